The van der Waals surface area contributed by atoms with Gasteiger partial charge in [-0.25, -0.2) is 4.79 Å². The van der Waals surface area contributed by atoms with Gasteiger partial charge in [-0.1, -0.05) is 59.7 Å². The fourth-order valence-electron chi connectivity index (χ4n) is 4.01. The topological polar surface area (TPSA) is 106 Å². The highest BCUT2D eigenvalue weighted by molar-refractivity contribution is 5.95. The number of nitrogens with one attached hydrogen (secondary N) is 1. The van der Waals surface area contributed by atoms with E-state index in [1.54, 1.807) is 22.9 Å². The van der Waals surface area contributed by atoms with Gasteiger partial charge in [-0.3, -0.25) is 0 Å². The summed E-state index contributed by atoms with van der Waals surface area (Å²) in [5, 5.41) is 26.2. The summed E-state index contributed by atoms with van der Waals surface area (Å²) in [5.74, 6) is -0.0184. The molecule has 1 atom stereocenters. The van der Waals surface area contributed by atoms with E-state index in [0.29, 0.717) is 22.8 Å². The minimum Gasteiger partial charge on any atom is -0.457 e. The molecule has 5 rings (SSSR count). The Balaban J connectivity index is 1.55. The van der Waals surface area contributed by atoms with Crippen LogP contribution in [0, 0.1) is 11.3 Å². The van der Waals surface area contributed by atoms with Gasteiger partial charge in [0.25, 0.3) is 0 Å². The highest BCUT2D eigenvalue weighted by Crippen LogP contribution is 2.38. The van der Waals surface area contributed by atoms with Crippen LogP contribution in [0.4, 0.5) is 5.95 Å². The quantitative estimate of drug-likeness (QED) is 0.500. The predicted molar refractivity (Wildman–Crippen MR) is 117 cm³/mol. The molecule has 8 heteroatoms. The Labute approximate surface area is 183 Å². The molecule has 32 heavy (non-hydrogen) atoms. The lowest BCUT2D eigenvalue weighted by molar-refractivity contribution is -0.140. The van der Waals surface area contributed by atoms with Crippen molar-refractivity contribution in [2.75, 3.05) is 5.32 Å². The van der Waals surface area contributed by atoms with Crippen LogP contribution in [-0.2, 0) is 16.1 Å². The second-order valence-electron chi connectivity index (χ2n) is 7.47. The van der Waals surface area contributed by atoms with Crippen molar-refractivity contribution in [1.82, 2.24) is 20.2 Å². The number of ether oxygens (including phenoxy) is 1. The lowest BCUT2D eigenvalue weighted by Crippen LogP contribution is -2.29. The van der Waals surface area contributed by atoms with Crippen LogP contribution in [-0.4, -0.2) is 26.2 Å². The van der Waals surface area contributed by atoms with Gasteiger partial charge >= 0.3 is 5.97 Å². The molecule has 1 aromatic heterocycles. The maximum absolute atomic E-state index is 13.3. The van der Waals surface area contributed by atoms with Crippen molar-refractivity contribution in [2.24, 2.45) is 0 Å². The number of rotatable bonds is 4. The number of aromatic nitrogens is 4. The van der Waals surface area contributed by atoms with Crippen LogP contribution in [0.5, 0.6) is 0 Å². The van der Waals surface area contributed by atoms with Gasteiger partial charge in [0.15, 0.2) is 0 Å². The van der Waals surface area contributed by atoms with Crippen LogP contribution in [0.2, 0.25) is 0 Å². The van der Waals surface area contributed by atoms with E-state index in [2.05, 4.69) is 26.9 Å². The normalized spacial score (nSPS) is 15.1. The first-order chi connectivity index (χ1) is 15.7. The van der Waals surface area contributed by atoms with Crippen LogP contribution in [0.1, 0.15) is 29.7 Å². The van der Waals surface area contributed by atoms with E-state index in [1.807, 2.05) is 55.5 Å². The van der Waals surface area contributed by atoms with Gasteiger partial charge in [0.05, 0.1) is 17.2 Å². The van der Waals surface area contributed by atoms with Crippen molar-refractivity contribution in [1.29, 1.82) is 5.26 Å². The van der Waals surface area contributed by atoms with Gasteiger partial charge in [0.1, 0.15) is 12.6 Å². The second kappa shape index (κ2) is 7.96. The Kier molecular flexibility index (Phi) is 4.84. The standard InChI is InChI=1S/C24H18N6O2/c1-15-21(23(31)32-14-17-7-4-6-16(12-17)13-25)22(30-24(26-15)27-28-29-30)20-11-5-9-18-8-2-3-10-19(18)20/h2-12,22H,14H2,1H3,(H,26,27,29). The molecule has 0 saturated heterocycles. The number of fused-ring (bicyclic) bond motifs is 2. The van der Waals surface area contributed by atoms with E-state index in [4.69, 9.17) is 10.00 Å². The zero-order valence-electron chi connectivity index (χ0n) is 17.2. The molecule has 1 N–H and O–H groups in total. The van der Waals surface area contributed by atoms with E-state index in [9.17, 15) is 4.79 Å². The van der Waals surface area contributed by atoms with Gasteiger partial charge in [-0.15, -0.1) is 0 Å². The SMILES string of the molecule is CC1=C(C(=O)OCc2cccc(C#N)c2)C(c2cccc3ccccc23)n2nnnc2N1. The lowest BCUT2D eigenvalue weighted by atomic mass is 9.91. The Morgan fingerprint density at radius 3 is 2.84 bits per heavy atom. The number of hydrogen-bond donors (Lipinski definition) is 1. The first kappa shape index (κ1) is 19.5. The summed E-state index contributed by atoms with van der Waals surface area (Å²) in [4.78, 5) is 13.3. The van der Waals surface area contributed by atoms with Gasteiger partial charge in [0.2, 0.25) is 5.95 Å². The van der Waals surface area contributed by atoms with E-state index in [1.165, 1.54) is 0 Å². The van der Waals surface area contributed by atoms with Gasteiger partial charge in [-0.05, 0) is 51.4 Å². The Morgan fingerprint density at radius 1 is 1.16 bits per heavy atom. The Bertz CT molecular complexity index is 1410. The van der Waals surface area contributed by atoms with Gasteiger partial charge in [0, 0.05) is 5.70 Å². The smallest absolute Gasteiger partial charge is 0.338 e. The Morgan fingerprint density at radius 2 is 1.97 bits per heavy atom. The summed E-state index contributed by atoms with van der Waals surface area (Å²) in [5.41, 5.74) is 3.21. The average molecular weight is 422 g/mol. The molecule has 156 valence electrons. The number of benzene rings is 3. The highest BCUT2D eigenvalue weighted by Gasteiger charge is 2.35. The molecule has 1 unspecified atom stereocenters. The summed E-state index contributed by atoms with van der Waals surface area (Å²) in [7, 11) is 0. The first-order valence-corrected chi connectivity index (χ1v) is 10.0. The van der Waals surface area contributed by atoms with Crippen LogP contribution >= 0.6 is 0 Å². The first-order valence-electron chi connectivity index (χ1n) is 10.0. The fourth-order valence-corrected chi connectivity index (χ4v) is 4.01. The molecule has 2 heterocycles. The molecule has 0 bridgehead atoms. The highest BCUT2D eigenvalue weighted by atomic mass is 16.5. The number of tetrazole rings is 1. The van der Waals surface area contributed by atoms with Crippen molar-refractivity contribution < 1.29 is 9.53 Å². The molecule has 0 amide bonds. The third-order valence-corrected chi connectivity index (χ3v) is 5.48. The number of esters is 1. The molecule has 1 aliphatic heterocycles. The van der Waals surface area contributed by atoms with Gasteiger partial charge < -0.3 is 10.1 Å². The number of carbonyl (C=O) groups excluding carboxylic acids is 1. The zero-order valence-corrected chi connectivity index (χ0v) is 17.2. The molecule has 0 saturated carbocycles. The third kappa shape index (κ3) is 3.36. The summed E-state index contributed by atoms with van der Waals surface area (Å²) in [6, 6.07) is 22.5. The largest absolute Gasteiger partial charge is 0.457 e. The maximum atomic E-state index is 13.3. The van der Waals surface area contributed by atoms with Crippen LogP contribution in [0.25, 0.3) is 10.8 Å². The van der Waals surface area contributed by atoms with E-state index in [0.717, 1.165) is 21.9 Å². The predicted octanol–water partition coefficient (Wildman–Crippen LogP) is 3.73. The van der Waals surface area contributed by atoms with Crippen LogP contribution in [0.15, 0.2) is 78.0 Å². The van der Waals surface area contributed by atoms with E-state index >= 15 is 0 Å². The third-order valence-electron chi connectivity index (χ3n) is 5.48. The molecule has 4 aromatic rings. The number of allylic oxidation sites excluding steroid dienone is 1. The molecule has 0 spiro atoms. The molecule has 0 fully saturated rings. The molecule has 1 aliphatic rings. The fraction of sp³-hybridized carbons (Fsp3) is 0.125. The zero-order chi connectivity index (χ0) is 22.1. The molecular formula is C24H18N6O2. The second-order valence-corrected chi connectivity index (χ2v) is 7.47. The van der Waals surface area contributed by atoms with Crippen molar-refractivity contribution in [3.05, 3.63) is 94.7 Å². The van der Waals surface area contributed by atoms with Crippen LogP contribution in [0.3, 0.4) is 0 Å². The number of nitriles is 1. The number of hydrogen-bond acceptors (Lipinski definition) is 7. The van der Waals surface area contributed by atoms with E-state index in [-0.39, 0.29) is 6.61 Å². The molecule has 3 aromatic carbocycles. The summed E-state index contributed by atoms with van der Waals surface area (Å²) in [6.45, 7) is 1.86. The minimum atomic E-state index is -0.551. The molecule has 8 nitrogen and oxygen atoms in total. The monoisotopic (exact) mass is 422 g/mol. The van der Waals surface area contributed by atoms with Crippen molar-refractivity contribution in [3.8, 4) is 6.07 Å². The lowest BCUT2D eigenvalue weighted by Gasteiger charge is -2.28. The molecule has 0 radical (unpaired) electrons. The minimum absolute atomic E-state index is 0.0514. The van der Waals surface area contributed by atoms with Crippen LogP contribution < -0.4 is 5.32 Å². The van der Waals surface area contributed by atoms with Crippen molar-refractivity contribution in [3.63, 3.8) is 0 Å². The number of nitrogens with zero attached hydrogens (tertiary/aromatic N) is 5. The Hall–Kier alpha value is -4.51. The number of carbonyl (C=O) groups is 1. The molecular weight excluding hydrogens is 404 g/mol. The number of anilines is 1. The maximum Gasteiger partial charge on any atom is 0.338 e. The average Bonchev–Trinajstić information content (AvgIpc) is 3.29. The molecule has 0 aliphatic carbocycles. The summed E-state index contributed by atoms with van der Waals surface area (Å²) >= 11 is 0. The van der Waals surface area contributed by atoms with Crippen molar-refractivity contribution >= 4 is 22.7 Å². The van der Waals surface area contributed by atoms with Gasteiger partial charge in [-0.2, -0.15) is 9.94 Å². The summed E-state index contributed by atoms with van der Waals surface area (Å²) in [6.07, 6.45) is 0. The summed E-state index contributed by atoms with van der Waals surface area (Å²) < 4.78 is 7.26. The van der Waals surface area contributed by atoms with E-state index < -0.39 is 12.0 Å². The van der Waals surface area contributed by atoms with Crippen molar-refractivity contribution in [2.45, 2.75) is 19.6 Å².